The molecule has 0 bridgehead atoms. The first-order valence-corrected chi connectivity index (χ1v) is 16.6. The van der Waals surface area contributed by atoms with E-state index in [1.54, 1.807) is 43.5 Å². The molecule has 1 unspecified atom stereocenters. The van der Waals surface area contributed by atoms with E-state index in [9.17, 15) is 20.0 Å². The zero-order chi connectivity index (χ0) is 35.9. The molecule has 2 N–H and O–H groups in total. The maximum Gasteiger partial charge on any atom is 0.410 e. The molecule has 2 aromatic heterocycles. The van der Waals surface area contributed by atoms with Crippen LogP contribution in [0.15, 0.2) is 59.1 Å². The number of methoxy groups -OCH3 is 1. The highest BCUT2D eigenvalue weighted by Gasteiger charge is 2.39. The minimum Gasteiger partial charge on any atom is -0.496 e. The Labute approximate surface area is 291 Å². The summed E-state index contributed by atoms with van der Waals surface area (Å²) in [5.41, 5.74) is 3.78. The average molecular weight is 685 g/mol. The number of pyridine rings is 1. The summed E-state index contributed by atoms with van der Waals surface area (Å²) >= 11 is 0. The van der Waals surface area contributed by atoms with E-state index >= 15 is 0 Å². The van der Waals surface area contributed by atoms with Gasteiger partial charge in [-0.1, -0.05) is 12.1 Å². The average Bonchev–Trinajstić information content (AvgIpc) is 3.77. The minimum atomic E-state index is -0.471. The number of carbonyl (C=O) groups is 2. The zero-order valence-corrected chi connectivity index (χ0v) is 29.2. The first-order valence-electron chi connectivity index (χ1n) is 16.6. The van der Waals surface area contributed by atoms with Crippen LogP contribution in [-0.4, -0.2) is 91.7 Å². The summed E-state index contributed by atoms with van der Waals surface area (Å²) in [4.78, 5) is 29.0. The number of rotatable bonds is 8. The molecule has 1 atom stereocenters. The van der Waals surface area contributed by atoms with Crippen molar-refractivity contribution in [3.05, 3.63) is 65.9 Å². The second kappa shape index (κ2) is 15.7. The van der Waals surface area contributed by atoms with Gasteiger partial charge >= 0.3 is 6.09 Å². The van der Waals surface area contributed by atoms with E-state index in [1.165, 1.54) is 0 Å². The molecule has 0 aliphatic carbocycles. The quantitative estimate of drug-likeness (QED) is 0.210. The molecule has 6 rings (SSSR count). The van der Waals surface area contributed by atoms with Gasteiger partial charge in [0, 0.05) is 49.3 Å². The summed E-state index contributed by atoms with van der Waals surface area (Å²) in [6, 6.07) is 16.7. The summed E-state index contributed by atoms with van der Waals surface area (Å²) < 4.78 is 28.4. The molecule has 2 aliphatic rings. The number of likely N-dealkylation sites (tertiary alicyclic amines) is 1. The number of benzene rings is 2. The maximum atomic E-state index is 11.8. The number of amides is 1. The highest BCUT2D eigenvalue weighted by atomic mass is 16.6. The van der Waals surface area contributed by atoms with Crippen molar-refractivity contribution < 1.29 is 38.1 Å². The van der Waals surface area contributed by atoms with Crippen LogP contribution in [0.1, 0.15) is 56.0 Å². The Hall–Kier alpha value is -4.96. The molecule has 2 aliphatic heterocycles. The van der Waals surface area contributed by atoms with Gasteiger partial charge < -0.3 is 38.7 Å². The van der Waals surface area contributed by atoms with Gasteiger partial charge in [0.15, 0.2) is 5.58 Å². The van der Waals surface area contributed by atoms with Gasteiger partial charge in [0.1, 0.15) is 46.8 Å². The third-order valence-electron chi connectivity index (χ3n) is 8.75. The standard InChI is InChI=1S/C27H22N2O5.C11H22N2O3/c1-31-25-12-17(16-30)2-4-22(25)26-14-23-27(34-26)21(6-9-29-23)18-3-5-24(19(13-18)15-28)33-20-7-10-32-11-8-20;1-10(2,3)16-9(15)13-6-5-11(7-13,8-14)12-4/h2-6,9,12-14,16,20H,7-8,10-11H2,1H3;12,14H,5-8H2,1-4H3. The van der Waals surface area contributed by atoms with Crippen LogP contribution in [0.3, 0.4) is 0 Å². The van der Waals surface area contributed by atoms with E-state index in [0.29, 0.717) is 65.8 Å². The lowest BCUT2D eigenvalue weighted by Gasteiger charge is -2.28. The Balaban J connectivity index is 0.000000256. The van der Waals surface area contributed by atoms with E-state index in [-0.39, 0.29) is 24.3 Å². The van der Waals surface area contributed by atoms with Gasteiger partial charge in [-0.05, 0) is 70.1 Å². The molecule has 0 spiro atoms. The Morgan fingerprint density at radius 2 is 1.92 bits per heavy atom. The third kappa shape index (κ3) is 8.42. The molecule has 12 nitrogen and oxygen atoms in total. The van der Waals surface area contributed by atoms with Crippen molar-refractivity contribution >= 4 is 23.5 Å². The van der Waals surface area contributed by atoms with Crippen molar-refractivity contribution in [2.75, 3.05) is 47.1 Å². The number of aldehydes is 1. The molecule has 12 heteroatoms. The lowest BCUT2D eigenvalue weighted by molar-refractivity contribution is 0.0253. The first-order chi connectivity index (χ1) is 24.0. The van der Waals surface area contributed by atoms with Crippen LogP contribution in [-0.2, 0) is 9.47 Å². The predicted molar refractivity (Wildman–Crippen MR) is 187 cm³/mol. The Morgan fingerprint density at radius 1 is 1.14 bits per heavy atom. The van der Waals surface area contributed by atoms with Crippen LogP contribution >= 0.6 is 0 Å². The number of aliphatic hydroxyl groups excluding tert-OH is 1. The van der Waals surface area contributed by atoms with Crippen LogP contribution in [0.25, 0.3) is 33.6 Å². The molecule has 2 aromatic carbocycles. The molecule has 0 radical (unpaired) electrons. The van der Waals surface area contributed by atoms with Crippen LogP contribution in [0.4, 0.5) is 4.79 Å². The third-order valence-corrected chi connectivity index (χ3v) is 8.75. The fourth-order valence-electron chi connectivity index (χ4n) is 5.91. The fourth-order valence-corrected chi connectivity index (χ4v) is 5.91. The predicted octanol–water partition coefficient (Wildman–Crippen LogP) is 5.99. The molecule has 2 fully saturated rings. The summed E-state index contributed by atoms with van der Waals surface area (Å²) in [5.74, 6) is 1.68. The van der Waals surface area contributed by atoms with E-state index in [4.69, 9.17) is 23.4 Å². The lowest BCUT2D eigenvalue weighted by Crippen LogP contribution is -2.49. The van der Waals surface area contributed by atoms with Crippen LogP contribution in [0.5, 0.6) is 11.5 Å². The summed E-state index contributed by atoms with van der Waals surface area (Å²) in [5, 5.41) is 22.1. The van der Waals surface area contributed by atoms with Crippen molar-refractivity contribution in [2.45, 2.75) is 57.3 Å². The molecular weight excluding hydrogens is 640 g/mol. The number of ether oxygens (including phenoxy) is 4. The van der Waals surface area contributed by atoms with Gasteiger partial charge in [-0.15, -0.1) is 0 Å². The summed E-state index contributed by atoms with van der Waals surface area (Å²) in [7, 11) is 3.35. The molecule has 264 valence electrons. The number of likely N-dealkylation sites (N-methyl/N-ethyl adjacent to an activating group) is 1. The van der Waals surface area contributed by atoms with Crippen LogP contribution in [0, 0.1) is 11.3 Å². The van der Waals surface area contributed by atoms with Crippen LogP contribution < -0.4 is 14.8 Å². The number of aromatic nitrogens is 1. The van der Waals surface area contributed by atoms with Crippen LogP contribution in [0.2, 0.25) is 0 Å². The highest BCUT2D eigenvalue weighted by Crippen LogP contribution is 2.38. The number of nitrogens with zero attached hydrogens (tertiary/aromatic N) is 3. The molecule has 4 aromatic rings. The largest absolute Gasteiger partial charge is 0.496 e. The monoisotopic (exact) mass is 684 g/mol. The number of aliphatic hydroxyl groups is 1. The van der Waals surface area contributed by atoms with Crippen molar-refractivity contribution in [3.8, 4) is 40.0 Å². The second-order valence-electron chi connectivity index (χ2n) is 13.4. The molecule has 1 amide bonds. The van der Waals surface area contributed by atoms with E-state index in [1.807, 2.05) is 51.1 Å². The van der Waals surface area contributed by atoms with E-state index < -0.39 is 5.60 Å². The van der Waals surface area contributed by atoms with E-state index in [0.717, 1.165) is 42.2 Å². The number of carbonyl (C=O) groups excluding carboxylic acids is 2. The summed E-state index contributed by atoms with van der Waals surface area (Å²) in [6.07, 6.45) is 4.59. The molecular formula is C38H44N4O8. The molecule has 4 heterocycles. The topological polar surface area (TPSA) is 156 Å². The smallest absolute Gasteiger partial charge is 0.410 e. The van der Waals surface area contributed by atoms with Crippen molar-refractivity contribution in [1.82, 2.24) is 15.2 Å². The summed E-state index contributed by atoms with van der Waals surface area (Å²) in [6.45, 7) is 8.02. The van der Waals surface area contributed by atoms with E-state index in [2.05, 4.69) is 16.4 Å². The van der Waals surface area contributed by atoms with Gasteiger partial charge in [-0.2, -0.15) is 5.26 Å². The number of fused-ring (bicyclic) bond motifs is 1. The first kappa shape index (κ1) is 36.3. The number of nitrogens with one attached hydrogen (secondary N) is 1. The van der Waals surface area contributed by atoms with Gasteiger partial charge in [0.25, 0.3) is 0 Å². The van der Waals surface area contributed by atoms with Gasteiger partial charge in [-0.3, -0.25) is 9.78 Å². The Bertz CT molecular complexity index is 1850. The van der Waals surface area contributed by atoms with Gasteiger partial charge in [0.2, 0.25) is 0 Å². The van der Waals surface area contributed by atoms with Gasteiger partial charge in [0.05, 0.1) is 43.6 Å². The molecule has 0 saturated carbocycles. The second-order valence-corrected chi connectivity index (χ2v) is 13.4. The number of furan rings is 1. The highest BCUT2D eigenvalue weighted by molar-refractivity contribution is 5.93. The SMILES string of the molecule is CNC1(CO)CCN(C(=O)OC(C)(C)C)C1.COc1cc(C=O)ccc1-c1cc2nccc(-c3ccc(OC4CCOCC4)c(C#N)c3)c2o1. The Kier molecular flexibility index (Phi) is 11.4. The van der Waals surface area contributed by atoms with Gasteiger partial charge in [-0.25, -0.2) is 4.79 Å². The number of nitriles is 1. The number of hydrogen-bond donors (Lipinski definition) is 2. The fraction of sp³-hybridized carbons (Fsp3) is 0.421. The minimum absolute atomic E-state index is 0.0306. The number of hydrogen-bond acceptors (Lipinski definition) is 11. The maximum absolute atomic E-state index is 11.8. The lowest BCUT2D eigenvalue weighted by atomic mass is 10.0. The normalized spacial score (nSPS) is 17.8. The van der Waals surface area contributed by atoms with Crippen molar-refractivity contribution in [1.29, 1.82) is 5.26 Å². The molecule has 2 saturated heterocycles. The molecule has 50 heavy (non-hydrogen) atoms. The van der Waals surface area contributed by atoms with Crippen molar-refractivity contribution in [2.24, 2.45) is 0 Å². The van der Waals surface area contributed by atoms with Crippen molar-refractivity contribution in [3.63, 3.8) is 0 Å². The Morgan fingerprint density at radius 3 is 2.56 bits per heavy atom. The zero-order valence-electron chi connectivity index (χ0n) is 29.2.